The molecule has 0 radical (unpaired) electrons. The van der Waals surface area contributed by atoms with E-state index in [2.05, 4.69) is 24.9 Å². The molecule has 0 saturated carbocycles. The van der Waals surface area contributed by atoms with Crippen molar-refractivity contribution in [2.45, 2.75) is 26.4 Å². The van der Waals surface area contributed by atoms with Crippen LogP contribution in [0, 0.1) is 0 Å². The van der Waals surface area contributed by atoms with Crippen LogP contribution in [0.25, 0.3) is 0 Å². The van der Waals surface area contributed by atoms with Gasteiger partial charge in [-0.1, -0.05) is 31.2 Å². The van der Waals surface area contributed by atoms with E-state index in [1.807, 2.05) is 25.1 Å². The third kappa shape index (κ3) is 8.50. The number of ether oxygens (including phenoxy) is 2. The van der Waals surface area contributed by atoms with Crippen LogP contribution >= 0.6 is 0 Å². The van der Waals surface area contributed by atoms with Gasteiger partial charge in [0.25, 0.3) is 0 Å². The van der Waals surface area contributed by atoms with Gasteiger partial charge in [0.15, 0.2) is 0 Å². The molecule has 0 saturated heterocycles. The third-order valence-electron chi connectivity index (χ3n) is 2.90. The predicted octanol–water partition coefficient (Wildman–Crippen LogP) is 2.17. The second-order valence-corrected chi connectivity index (χ2v) is 5.18. The molecule has 4 nitrogen and oxygen atoms in total. The Hall–Kier alpha value is -1.36. The Labute approximate surface area is 127 Å². The Bertz CT molecular complexity index is 420. The number of aliphatic hydroxyl groups excluding tert-OH is 1. The molecule has 2 N–H and O–H groups in total. The number of rotatable bonds is 11. The van der Waals surface area contributed by atoms with Crippen molar-refractivity contribution in [1.29, 1.82) is 0 Å². The summed E-state index contributed by atoms with van der Waals surface area (Å²) in [4.78, 5) is 0. The van der Waals surface area contributed by atoms with Gasteiger partial charge >= 0.3 is 0 Å². The third-order valence-corrected chi connectivity index (χ3v) is 2.90. The minimum atomic E-state index is -0.531. The molecule has 1 atom stereocenters. The first kappa shape index (κ1) is 17.7. The zero-order valence-corrected chi connectivity index (χ0v) is 13.1. The van der Waals surface area contributed by atoms with Crippen LogP contribution in [0.3, 0.4) is 0 Å². The average molecular weight is 293 g/mol. The summed E-state index contributed by atoms with van der Waals surface area (Å²) in [6, 6.07) is 7.95. The molecule has 1 aromatic rings. The van der Waals surface area contributed by atoms with Crippen LogP contribution in [0.2, 0.25) is 0 Å². The average Bonchev–Trinajstić information content (AvgIpc) is 2.48. The second-order valence-electron chi connectivity index (χ2n) is 5.18. The molecule has 0 aliphatic rings. The minimum Gasteiger partial charge on any atom is -0.491 e. The number of benzene rings is 1. The standard InChI is InChI=1S/C17H27NO3/c1-4-15-6-5-7-17(10-15)21-13-16(19)11-18-8-9-20-12-14(2)3/h5-7,10,16,18-19H,2,4,8-9,11-13H2,1,3H3. The highest BCUT2D eigenvalue weighted by atomic mass is 16.5. The molecular weight excluding hydrogens is 266 g/mol. The number of hydrogen-bond acceptors (Lipinski definition) is 4. The highest BCUT2D eigenvalue weighted by molar-refractivity contribution is 5.28. The smallest absolute Gasteiger partial charge is 0.119 e. The van der Waals surface area contributed by atoms with Crippen LogP contribution in [0.1, 0.15) is 19.4 Å². The van der Waals surface area contributed by atoms with Crippen LogP contribution in [0.15, 0.2) is 36.4 Å². The predicted molar refractivity (Wildman–Crippen MR) is 85.8 cm³/mol. The zero-order valence-electron chi connectivity index (χ0n) is 13.1. The summed E-state index contributed by atoms with van der Waals surface area (Å²) < 4.78 is 10.9. The van der Waals surface area contributed by atoms with Gasteiger partial charge in [-0.2, -0.15) is 0 Å². The molecule has 0 aliphatic carbocycles. The van der Waals surface area contributed by atoms with E-state index in [9.17, 15) is 5.11 Å². The lowest BCUT2D eigenvalue weighted by Crippen LogP contribution is -2.33. The topological polar surface area (TPSA) is 50.7 Å². The van der Waals surface area contributed by atoms with Crippen LogP contribution in [-0.4, -0.2) is 44.1 Å². The molecule has 0 bridgehead atoms. The van der Waals surface area contributed by atoms with Gasteiger partial charge in [-0.05, 0) is 31.0 Å². The molecule has 1 rings (SSSR count). The summed E-state index contributed by atoms with van der Waals surface area (Å²) >= 11 is 0. The maximum atomic E-state index is 9.84. The van der Waals surface area contributed by atoms with Gasteiger partial charge in [0, 0.05) is 13.1 Å². The Morgan fingerprint density at radius 1 is 1.43 bits per heavy atom. The number of nitrogens with one attached hydrogen (secondary N) is 1. The monoisotopic (exact) mass is 293 g/mol. The van der Waals surface area contributed by atoms with E-state index in [1.165, 1.54) is 5.56 Å². The first-order valence-corrected chi connectivity index (χ1v) is 7.44. The maximum absolute atomic E-state index is 9.84. The van der Waals surface area contributed by atoms with E-state index in [-0.39, 0.29) is 6.61 Å². The van der Waals surface area contributed by atoms with Gasteiger partial charge in [0.1, 0.15) is 18.5 Å². The van der Waals surface area contributed by atoms with Crippen molar-refractivity contribution in [3.05, 3.63) is 42.0 Å². The lowest BCUT2D eigenvalue weighted by molar-refractivity contribution is 0.101. The van der Waals surface area contributed by atoms with Gasteiger partial charge in [-0.3, -0.25) is 0 Å². The highest BCUT2D eigenvalue weighted by Gasteiger charge is 2.05. The lowest BCUT2D eigenvalue weighted by Gasteiger charge is -2.14. The molecule has 0 aliphatic heterocycles. The summed E-state index contributed by atoms with van der Waals surface area (Å²) in [6.07, 6.45) is 0.447. The maximum Gasteiger partial charge on any atom is 0.119 e. The molecular formula is C17H27NO3. The fourth-order valence-corrected chi connectivity index (χ4v) is 1.77. The lowest BCUT2D eigenvalue weighted by atomic mass is 10.2. The SMILES string of the molecule is C=C(C)COCCNCC(O)COc1cccc(CC)c1. The fourth-order valence-electron chi connectivity index (χ4n) is 1.77. The molecule has 1 unspecified atom stereocenters. The van der Waals surface area contributed by atoms with Gasteiger partial charge in [0.05, 0.1) is 13.2 Å². The molecule has 0 aromatic heterocycles. The van der Waals surface area contributed by atoms with Crippen molar-refractivity contribution in [3.63, 3.8) is 0 Å². The summed E-state index contributed by atoms with van der Waals surface area (Å²) in [5.74, 6) is 0.804. The summed E-state index contributed by atoms with van der Waals surface area (Å²) in [6.45, 7) is 10.5. The van der Waals surface area contributed by atoms with Crippen LogP contribution < -0.4 is 10.1 Å². The van der Waals surface area contributed by atoms with E-state index in [4.69, 9.17) is 9.47 Å². The summed E-state index contributed by atoms with van der Waals surface area (Å²) in [5, 5.41) is 13.0. The van der Waals surface area contributed by atoms with Crippen molar-refractivity contribution >= 4 is 0 Å². The first-order chi connectivity index (χ1) is 10.1. The van der Waals surface area contributed by atoms with Crippen molar-refractivity contribution < 1.29 is 14.6 Å². The Kier molecular flexibility index (Phi) is 8.74. The quantitative estimate of drug-likeness (QED) is 0.485. The number of aryl methyl sites for hydroxylation is 1. The van der Waals surface area contributed by atoms with Crippen LogP contribution in [-0.2, 0) is 11.2 Å². The van der Waals surface area contributed by atoms with Crippen molar-refractivity contribution in [2.75, 3.05) is 32.9 Å². The normalized spacial score (nSPS) is 12.1. The minimum absolute atomic E-state index is 0.285. The molecule has 0 heterocycles. The van der Waals surface area contributed by atoms with Gasteiger partial charge in [-0.25, -0.2) is 0 Å². The molecule has 1 aromatic carbocycles. The molecule has 0 amide bonds. The van der Waals surface area contributed by atoms with Crippen molar-refractivity contribution in [2.24, 2.45) is 0 Å². The van der Waals surface area contributed by atoms with Crippen molar-refractivity contribution in [1.82, 2.24) is 5.32 Å². The van der Waals surface area contributed by atoms with E-state index in [0.29, 0.717) is 26.3 Å². The van der Waals surface area contributed by atoms with E-state index < -0.39 is 6.10 Å². The van der Waals surface area contributed by atoms with Gasteiger partial charge in [-0.15, -0.1) is 0 Å². The van der Waals surface area contributed by atoms with Gasteiger partial charge < -0.3 is 19.9 Å². The van der Waals surface area contributed by atoms with E-state index in [1.54, 1.807) is 0 Å². The largest absolute Gasteiger partial charge is 0.491 e. The molecule has 118 valence electrons. The van der Waals surface area contributed by atoms with E-state index >= 15 is 0 Å². The first-order valence-electron chi connectivity index (χ1n) is 7.44. The summed E-state index contributed by atoms with van der Waals surface area (Å²) in [7, 11) is 0. The van der Waals surface area contributed by atoms with Crippen LogP contribution in [0.4, 0.5) is 0 Å². The second kappa shape index (κ2) is 10.4. The fraction of sp³-hybridized carbons (Fsp3) is 0.529. The van der Waals surface area contributed by atoms with Crippen LogP contribution in [0.5, 0.6) is 5.75 Å². The Balaban J connectivity index is 2.10. The number of aliphatic hydroxyl groups is 1. The molecule has 0 spiro atoms. The van der Waals surface area contributed by atoms with E-state index in [0.717, 1.165) is 17.7 Å². The zero-order chi connectivity index (χ0) is 15.5. The summed E-state index contributed by atoms with van der Waals surface area (Å²) in [5.41, 5.74) is 2.24. The molecule has 21 heavy (non-hydrogen) atoms. The molecule has 4 heteroatoms. The van der Waals surface area contributed by atoms with Crippen molar-refractivity contribution in [3.8, 4) is 5.75 Å². The molecule has 0 fully saturated rings. The van der Waals surface area contributed by atoms with Gasteiger partial charge in [0.2, 0.25) is 0 Å². The number of hydrogen-bond donors (Lipinski definition) is 2. The highest BCUT2D eigenvalue weighted by Crippen LogP contribution is 2.13. The Morgan fingerprint density at radius 2 is 2.24 bits per heavy atom. The Morgan fingerprint density at radius 3 is 2.95 bits per heavy atom.